The van der Waals surface area contributed by atoms with Gasteiger partial charge in [-0.25, -0.2) is 0 Å². The quantitative estimate of drug-likeness (QED) is 0.852. The van der Waals surface area contributed by atoms with Crippen LogP contribution in [0, 0.1) is 5.92 Å². The van der Waals surface area contributed by atoms with E-state index in [1.54, 1.807) is 0 Å². The molecule has 3 fully saturated rings. The summed E-state index contributed by atoms with van der Waals surface area (Å²) in [7, 11) is 0. The first-order valence-corrected chi connectivity index (χ1v) is 8.03. The zero-order valence-corrected chi connectivity index (χ0v) is 12.9. The summed E-state index contributed by atoms with van der Waals surface area (Å²) < 4.78 is 37.5. The summed E-state index contributed by atoms with van der Waals surface area (Å²) in [5, 5.41) is 0. The van der Waals surface area contributed by atoms with E-state index >= 15 is 0 Å². The molecule has 2 bridgehead atoms. The summed E-state index contributed by atoms with van der Waals surface area (Å²) >= 11 is 0. The minimum Gasteiger partial charge on any atom is -0.338 e. The third-order valence-corrected chi connectivity index (χ3v) is 4.71. The van der Waals surface area contributed by atoms with Crippen LogP contribution >= 0.6 is 0 Å². The molecule has 3 nitrogen and oxygen atoms in total. The van der Waals surface area contributed by atoms with Gasteiger partial charge < -0.3 is 4.90 Å². The molecule has 0 aromatic heterocycles. The Balaban J connectivity index is 1.67. The Morgan fingerprint density at radius 2 is 1.83 bits per heavy atom. The number of halogens is 3. The molecule has 0 radical (unpaired) electrons. The Labute approximate surface area is 134 Å². The molecule has 0 unspecified atom stereocenters. The van der Waals surface area contributed by atoms with Crippen molar-refractivity contribution < 1.29 is 18.0 Å². The maximum absolute atomic E-state index is 12.5. The highest BCUT2D eigenvalue weighted by Crippen LogP contribution is 2.31. The molecule has 1 aromatic rings. The fourth-order valence-corrected chi connectivity index (χ4v) is 3.73. The van der Waals surface area contributed by atoms with Crippen LogP contribution in [0.5, 0.6) is 0 Å². The molecule has 0 N–H and O–H groups in total. The van der Waals surface area contributed by atoms with Crippen LogP contribution in [0.4, 0.5) is 13.2 Å². The first-order chi connectivity index (χ1) is 10.9. The van der Waals surface area contributed by atoms with Gasteiger partial charge in [0.1, 0.15) is 6.42 Å². The van der Waals surface area contributed by atoms with Crippen molar-refractivity contribution in [3.05, 3.63) is 35.9 Å². The third-order valence-electron chi connectivity index (χ3n) is 4.71. The van der Waals surface area contributed by atoms with Crippen LogP contribution in [0.1, 0.15) is 24.8 Å². The molecule has 126 valence electrons. The van der Waals surface area contributed by atoms with Gasteiger partial charge in [0.15, 0.2) is 0 Å². The summed E-state index contributed by atoms with van der Waals surface area (Å²) in [5.74, 6) is -0.497. The van der Waals surface area contributed by atoms with Crippen molar-refractivity contribution in [2.24, 2.45) is 5.92 Å². The second kappa shape index (κ2) is 6.51. The summed E-state index contributed by atoms with van der Waals surface area (Å²) in [5.41, 5.74) is 1.20. The van der Waals surface area contributed by atoms with Crippen molar-refractivity contribution >= 4 is 5.91 Å². The lowest BCUT2D eigenvalue weighted by molar-refractivity contribution is -0.164. The normalized spacial score (nSPS) is 25.4. The number of benzene rings is 1. The molecule has 0 aliphatic carbocycles. The second-order valence-electron chi connectivity index (χ2n) is 6.61. The van der Waals surface area contributed by atoms with E-state index in [-0.39, 0.29) is 12.0 Å². The first kappa shape index (κ1) is 16.3. The number of hydrogen-bond acceptors (Lipinski definition) is 2. The van der Waals surface area contributed by atoms with E-state index < -0.39 is 18.5 Å². The van der Waals surface area contributed by atoms with Crippen LogP contribution in [0.15, 0.2) is 30.3 Å². The Morgan fingerprint density at radius 1 is 1.09 bits per heavy atom. The van der Waals surface area contributed by atoms with Gasteiger partial charge >= 0.3 is 6.18 Å². The number of carbonyl (C=O) groups is 1. The minimum absolute atomic E-state index is 0.0905. The highest BCUT2D eigenvalue weighted by Gasteiger charge is 2.40. The summed E-state index contributed by atoms with van der Waals surface area (Å²) in [6.45, 7) is 2.76. The molecular formula is C17H21F3N2O. The lowest BCUT2D eigenvalue weighted by atomic mass is 9.94. The van der Waals surface area contributed by atoms with Crippen LogP contribution in [-0.2, 0) is 11.3 Å². The Bertz CT molecular complexity index is 547. The van der Waals surface area contributed by atoms with Gasteiger partial charge in [-0.3, -0.25) is 9.69 Å². The summed E-state index contributed by atoms with van der Waals surface area (Å²) in [6, 6.07) is 9.96. The number of nitrogens with zero attached hydrogens (tertiary/aromatic N) is 2. The molecule has 0 saturated carbocycles. The van der Waals surface area contributed by atoms with Crippen molar-refractivity contribution in [2.45, 2.75) is 38.0 Å². The third kappa shape index (κ3) is 4.25. The SMILES string of the molecule is O=C(CC(F)(F)F)N1C[C@H]2CC[C@@H]1CN(Cc1ccccc1)C2. The van der Waals surface area contributed by atoms with Gasteiger partial charge in [0.2, 0.25) is 5.91 Å². The molecular weight excluding hydrogens is 305 g/mol. The molecule has 3 aliphatic heterocycles. The van der Waals surface area contributed by atoms with E-state index in [4.69, 9.17) is 0 Å². The average molecular weight is 326 g/mol. The summed E-state index contributed by atoms with van der Waals surface area (Å²) in [4.78, 5) is 15.8. The fraction of sp³-hybridized carbons (Fsp3) is 0.588. The molecule has 1 aromatic carbocycles. The number of hydrogen-bond donors (Lipinski definition) is 0. The van der Waals surface area contributed by atoms with Crippen molar-refractivity contribution in [1.82, 2.24) is 9.80 Å². The van der Waals surface area contributed by atoms with Gasteiger partial charge in [0.25, 0.3) is 0 Å². The standard InChI is InChI=1S/C17H21F3N2O/c18-17(19,20)8-16(23)22-11-14-6-7-15(22)12-21(10-14)9-13-4-2-1-3-5-13/h1-5,14-15H,6-12H2/t14-,15+/m0/s1. The van der Waals surface area contributed by atoms with Crippen LogP contribution in [-0.4, -0.2) is 47.6 Å². The van der Waals surface area contributed by atoms with Gasteiger partial charge in [-0.15, -0.1) is 0 Å². The molecule has 23 heavy (non-hydrogen) atoms. The Hall–Kier alpha value is -1.56. The average Bonchev–Trinajstić information content (AvgIpc) is 2.77. The zero-order valence-electron chi connectivity index (χ0n) is 12.9. The number of fused-ring (bicyclic) bond motifs is 4. The molecule has 0 spiro atoms. The van der Waals surface area contributed by atoms with E-state index in [2.05, 4.69) is 17.0 Å². The maximum atomic E-state index is 12.5. The van der Waals surface area contributed by atoms with Crippen LogP contribution in [0.25, 0.3) is 0 Å². The second-order valence-corrected chi connectivity index (χ2v) is 6.61. The predicted octanol–water partition coefficient (Wildman–Crippen LogP) is 3.06. The number of carbonyl (C=O) groups excluding carboxylic acids is 1. The zero-order chi connectivity index (χ0) is 16.4. The van der Waals surface area contributed by atoms with E-state index in [1.165, 1.54) is 10.5 Å². The molecule has 3 heterocycles. The molecule has 3 aliphatic rings. The lowest BCUT2D eigenvalue weighted by Crippen LogP contribution is -2.48. The molecule has 6 heteroatoms. The summed E-state index contributed by atoms with van der Waals surface area (Å²) in [6.07, 6.45) is -3.97. The Morgan fingerprint density at radius 3 is 2.52 bits per heavy atom. The van der Waals surface area contributed by atoms with Crippen LogP contribution < -0.4 is 0 Å². The van der Waals surface area contributed by atoms with Crippen molar-refractivity contribution in [3.8, 4) is 0 Å². The highest BCUT2D eigenvalue weighted by atomic mass is 19.4. The smallest absolute Gasteiger partial charge is 0.338 e. The first-order valence-electron chi connectivity index (χ1n) is 8.03. The monoisotopic (exact) mass is 326 g/mol. The largest absolute Gasteiger partial charge is 0.397 e. The van der Waals surface area contributed by atoms with E-state index in [0.717, 1.165) is 25.9 Å². The predicted molar refractivity (Wildman–Crippen MR) is 80.6 cm³/mol. The van der Waals surface area contributed by atoms with E-state index in [0.29, 0.717) is 13.1 Å². The van der Waals surface area contributed by atoms with Gasteiger partial charge in [-0.05, 0) is 24.3 Å². The van der Waals surface area contributed by atoms with Crippen LogP contribution in [0.2, 0.25) is 0 Å². The maximum Gasteiger partial charge on any atom is 0.397 e. The van der Waals surface area contributed by atoms with Crippen molar-refractivity contribution in [2.75, 3.05) is 19.6 Å². The van der Waals surface area contributed by atoms with Gasteiger partial charge in [0.05, 0.1) is 0 Å². The Kier molecular flexibility index (Phi) is 4.62. The number of alkyl halides is 3. The minimum atomic E-state index is -4.42. The highest BCUT2D eigenvalue weighted by molar-refractivity contribution is 5.77. The van der Waals surface area contributed by atoms with Gasteiger partial charge in [-0.2, -0.15) is 13.2 Å². The molecule has 3 saturated heterocycles. The van der Waals surface area contributed by atoms with E-state index in [1.807, 2.05) is 18.2 Å². The van der Waals surface area contributed by atoms with E-state index in [9.17, 15) is 18.0 Å². The van der Waals surface area contributed by atoms with Crippen molar-refractivity contribution in [1.29, 1.82) is 0 Å². The molecule has 1 amide bonds. The van der Waals surface area contributed by atoms with Gasteiger partial charge in [-0.1, -0.05) is 30.3 Å². The van der Waals surface area contributed by atoms with Crippen LogP contribution in [0.3, 0.4) is 0 Å². The number of rotatable bonds is 3. The fourth-order valence-electron chi connectivity index (χ4n) is 3.73. The lowest BCUT2D eigenvalue weighted by Gasteiger charge is -2.36. The number of amides is 1. The topological polar surface area (TPSA) is 23.6 Å². The van der Waals surface area contributed by atoms with Crippen molar-refractivity contribution in [3.63, 3.8) is 0 Å². The number of piperidine rings is 1. The van der Waals surface area contributed by atoms with Gasteiger partial charge in [0, 0.05) is 32.2 Å². The molecule has 2 atom stereocenters. The molecule has 4 rings (SSSR count).